The van der Waals surface area contributed by atoms with Crippen LogP contribution < -0.4 is 5.32 Å². The van der Waals surface area contributed by atoms with Crippen LogP contribution in [0.2, 0.25) is 5.15 Å². The third kappa shape index (κ3) is 2.73. The summed E-state index contributed by atoms with van der Waals surface area (Å²) >= 11 is 6.16. The van der Waals surface area contributed by atoms with E-state index in [4.69, 9.17) is 11.6 Å². The average molecular weight is 268 g/mol. The highest BCUT2D eigenvalue weighted by molar-refractivity contribution is 6.30. The van der Waals surface area contributed by atoms with Gasteiger partial charge in [-0.15, -0.1) is 0 Å². The fraction of sp³-hybridized carbons (Fsp3) is 0.500. The molecule has 0 radical (unpaired) electrons. The Morgan fingerprint density at radius 3 is 2.72 bits per heavy atom. The lowest BCUT2D eigenvalue weighted by Crippen LogP contribution is -2.18. The number of aromatic nitrogens is 4. The number of nitrogens with zero attached hydrogens (tertiary/aromatic N) is 4. The van der Waals surface area contributed by atoms with Crippen LogP contribution >= 0.6 is 11.6 Å². The molecule has 1 N–H and O–H groups in total. The third-order valence-electron chi connectivity index (χ3n) is 3.02. The van der Waals surface area contributed by atoms with E-state index in [0.717, 1.165) is 36.6 Å². The van der Waals surface area contributed by atoms with Gasteiger partial charge in [0, 0.05) is 51.6 Å². The summed E-state index contributed by atoms with van der Waals surface area (Å²) in [6, 6.07) is 0. The van der Waals surface area contributed by atoms with Crippen LogP contribution in [0.5, 0.6) is 0 Å². The van der Waals surface area contributed by atoms with Crippen molar-refractivity contribution in [3.63, 3.8) is 0 Å². The molecule has 5 nitrogen and oxygen atoms in total. The summed E-state index contributed by atoms with van der Waals surface area (Å²) in [6.45, 7) is 3.58. The monoisotopic (exact) mass is 267 g/mol. The van der Waals surface area contributed by atoms with Crippen molar-refractivity contribution in [1.29, 1.82) is 0 Å². The maximum Gasteiger partial charge on any atom is 0.131 e. The van der Waals surface area contributed by atoms with Gasteiger partial charge in [0.1, 0.15) is 11.0 Å². The summed E-state index contributed by atoms with van der Waals surface area (Å²) in [4.78, 5) is 4.28. The molecule has 0 aliphatic carbocycles. The van der Waals surface area contributed by atoms with Crippen LogP contribution in [0.25, 0.3) is 0 Å². The van der Waals surface area contributed by atoms with Gasteiger partial charge in [-0.1, -0.05) is 11.6 Å². The van der Waals surface area contributed by atoms with E-state index >= 15 is 0 Å². The SMILES string of the molecule is Cc1nn(C)c(Cl)c1CNCCc1nccn1C. The average Bonchev–Trinajstić information content (AvgIpc) is 2.83. The first-order valence-electron chi connectivity index (χ1n) is 5.94. The zero-order valence-electron chi connectivity index (χ0n) is 10.9. The van der Waals surface area contributed by atoms with Gasteiger partial charge in [-0.25, -0.2) is 4.98 Å². The van der Waals surface area contributed by atoms with Gasteiger partial charge in [-0.2, -0.15) is 5.10 Å². The molecule has 0 saturated carbocycles. The molecule has 2 aromatic heterocycles. The zero-order chi connectivity index (χ0) is 13.1. The molecule has 0 aliphatic heterocycles. The summed E-state index contributed by atoms with van der Waals surface area (Å²) in [5.74, 6) is 1.08. The Bertz CT molecular complexity index is 529. The fourth-order valence-electron chi connectivity index (χ4n) is 1.93. The van der Waals surface area contributed by atoms with Crippen molar-refractivity contribution in [1.82, 2.24) is 24.6 Å². The molecular weight excluding hydrogens is 250 g/mol. The number of imidazole rings is 1. The van der Waals surface area contributed by atoms with Gasteiger partial charge >= 0.3 is 0 Å². The third-order valence-corrected chi connectivity index (χ3v) is 3.49. The Hall–Kier alpha value is -1.33. The van der Waals surface area contributed by atoms with Crippen LogP contribution in [0, 0.1) is 6.92 Å². The predicted octanol–water partition coefficient (Wildman–Crippen LogP) is 1.45. The lowest BCUT2D eigenvalue weighted by atomic mass is 10.2. The lowest BCUT2D eigenvalue weighted by Gasteiger charge is -2.05. The molecule has 2 heterocycles. The van der Waals surface area contributed by atoms with E-state index < -0.39 is 0 Å². The van der Waals surface area contributed by atoms with E-state index in [0.29, 0.717) is 5.15 Å². The molecule has 0 amide bonds. The maximum absolute atomic E-state index is 6.16. The minimum absolute atomic E-state index is 0.706. The highest BCUT2D eigenvalue weighted by Crippen LogP contribution is 2.17. The smallest absolute Gasteiger partial charge is 0.131 e. The van der Waals surface area contributed by atoms with Gasteiger partial charge in [0.15, 0.2) is 0 Å². The van der Waals surface area contributed by atoms with E-state index in [9.17, 15) is 0 Å². The number of aryl methyl sites for hydroxylation is 3. The highest BCUT2D eigenvalue weighted by Gasteiger charge is 2.10. The Balaban J connectivity index is 1.84. The Kier molecular flexibility index (Phi) is 4.04. The van der Waals surface area contributed by atoms with Gasteiger partial charge in [-0.05, 0) is 6.92 Å². The molecule has 0 bridgehead atoms. The number of halogens is 1. The summed E-state index contributed by atoms with van der Waals surface area (Å²) in [6.07, 6.45) is 4.68. The quantitative estimate of drug-likeness (QED) is 0.834. The Morgan fingerprint density at radius 1 is 1.39 bits per heavy atom. The van der Waals surface area contributed by atoms with E-state index in [1.807, 2.05) is 38.0 Å². The van der Waals surface area contributed by atoms with Gasteiger partial charge < -0.3 is 9.88 Å². The molecule has 18 heavy (non-hydrogen) atoms. The Labute approximate surface area is 112 Å². The number of hydrogen-bond donors (Lipinski definition) is 1. The number of hydrogen-bond acceptors (Lipinski definition) is 3. The second-order valence-corrected chi connectivity index (χ2v) is 4.72. The second kappa shape index (κ2) is 5.54. The lowest BCUT2D eigenvalue weighted by molar-refractivity contribution is 0.653. The summed E-state index contributed by atoms with van der Waals surface area (Å²) < 4.78 is 3.73. The summed E-state index contributed by atoms with van der Waals surface area (Å²) in [5.41, 5.74) is 2.05. The van der Waals surface area contributed by atoms with E-state index in [1.165, 1.54) is 0 Å². The van der Waals surface area contributed by atoms with Crippen molar-refractivity contribution >= 4 is 11.6 Å². The predicted molar refractivity (Wildman–Crippen MR) is 71.6 cm³/mol. The van der Waals surface area contributed by atoms with Crippen molar-refractivity contribution in [3.05, 3.63) is 34.6 Å². The van der Waals surface area contributed by atoms with E-state index in [2.05, 4.69) is 15.4 Å². The molecule has 98 valence electrons. The van der Waals surface area contributed by atoms with Crippen molar-refractivity contribution in [2.45, 2.75) is 19.9 Å². The second-order valence-electron chi connectivity index (χ2n) is 4.36. The Morgan fingerprint density at radius 2 is 2.17 bits per heavy atom. The van der Waals surface area contributed by atoms with Crippen molar-refractivity contribution in [3.8, 4) is 0 Å². The molecule has 0 unspecified atom stereocenters. The van der Waals surface area contributed by atoms with Gasteiger partial charge in [0.05, 0.1) is 5.69 Å². The number of rotatable bonds is 5. The summed E-state index contributed by atoms with van der Waals surface area (Å²) in [7, 11) is 3.86. The summed E-state index contributed by atoms with van der Waals surface area (Å²) in [5, 5.41) is 8.36. The van der Waals surface area contributed by atoms with Crippen LogP contribution in [0.15, 0.2) is 12.4 Å². The maximum atomic E-state index is 6.16. The first kappa shape index (κ1) is 13.1. The normalized spacial score (nSPS) is 11.1. The van der Waals surface area contributed by atoms with Crippen LogP contribution in [-0.4, -0.2) is 25.9 Å². The fourth-order valence-corrected chi connectivity index (χ4v) is 2.17. The molecule has 6 heteroatoms. The van der Waals surface area contributed by atoms with Gasteiger partial charge in [0.2, 0.25) is 0 Å². The first-order valence-corrected chi connectivity index (χ1v) is 6.32. The molecular formula is C12H18ClN5. The topological polar surface area (TPSA) is 47.7 Å². The highest BCUT2D eigenvalue weighted by atomic mass is 35.5. The van der Waals surface area contributed by atoms with E-state index in [1.54, 1.807) is 4.68 Å². The van der Waals surface area contributed by atoms with Crippen molar-refractivity contribution < 1.29 is 0 Å². The van der Waals surface area contributed by atoms with Crippen LogP contribution in [0.4, 0.5) is 0 Å². The molecule has 0 spiro atoms. The molecule has 2 aromatic rings. The van der Waals surface area contributed by atoms with Crippen LogP contribution in [0.1, 0.15) is 17.1 Å². The van der Waals surface area contributed by atoms with Crippen LogP contribution in [-0.2, 0) is 27.1 Å². The van der Waals surface area contributed by atoms with Crippen molar-refractivity contribution in [2.75, 3.05) is 6.54 Å². The molecule has 0 fully saturated rings. The van der Waals surface area contributed by atoms with Gasteiger partial charge in [-0.3, -0.25) is 4.68 Å². The van der Waals surface area contributed by atoms with Gasteiger partial charge in [0.25, 0.3) is 0 Å². The zero-order valence-corrected chi connectivity index (χ0v) is 11.7. The molecule has 2 rings (SSSR count). The van der Waals surface area contributed by atoms with E-state index in [-0.39, 0.29) is 0 Å². The largest absolute Gasteiger partial charge is 0.338 e. The minimum atomic E-state index is 0.706. The molecule has 0 saturated heterocycles. The van der Waals surface area contributed by atoms with Crippen LogP contribution in [0.3, 0.4) is 0 Å². The van der Waals surface area contributed by atoms with Crippen molar-refractivity contribution in [2.24, 2.45) is 14.1 Å². The first-order chi connectivity index (χ1) is 8.59. The molecule has 0 aromatic carbocycles. The molecule has 0 aliphatic rings. The minimum Gasteiger partial charge on any atom is -0.338 e. The standard InChI is InChI=1S/C12H18ClN5/c1-9-10(12(13)18(3)16-9)8-14-5-4-11-15-6-7-17(11)2/h6-7,14H,4-5,8H2,1-3H3. The number of nitrogens with one attached hydrogen (secondary N) is 1. The molecule has 0 atom stereocenters.